The first-order valence-electron chi connectivity index (χ1n) is 6.44. The zero-order valence-electron chi connectivity index (χ0n) is 11.8. The standard InChI is InChI=1S/C15H17BrN2O2S/c1-11(14-5-3-4-6-15(14)16)17-12-7-9-13(10-8-12)18-21(2,19)20/h3-11,17-18H,1-2H3. The highest BCUT2D eigenvalue weighted by molar-refractivity contribution is 9.10. The van der Waals surface area contributed by atoms with E-state index in [1.165, 1.54) is 0 Å². The van der Waals surface area contributed by atoms with E-state index in [0.717, 1.165) is 22.0 Å². The highest BCUT2D eigenvalue weighted by Crippen LogP contribution is 2.26. The number of hydrogen-bond donors (Lipinski definition) is 2. The van der Waals surface area contributed by atoms with Crippen LogP contribution in [0.3, 0.4) is 0 Å². The Labute approximate surface area is 133 Å². The van der Waals surface area contributed by atoms with Crippen molar-refractivity contribution in [1.29, 1.82) is 0 Å². The van der Waals surface area contributed by atoms with E-state index in [1.807, 2.05) is 30.3 Å². The van der Waals surface area contributed by atoms with Gasteiger partial charge in [-0.3, -0.25) is 4.72 Å². The molecular weight excluding hydrogens is 352 g/mol. The predicted molar refractivity (Wildman–Crippen MR) is 91.1 cm³/mol. The Morgan fingerprint density at radius 3 is 2.14 bits per heavy atom. The molecule has 0 radical (unpaired) electrons. The number of anilines is 2. The van der Waals surface area contributed by atoms with Gasteiger partial charge in [0.15, 0.2) is 0 Å². The molecule has 0 saturated carbocycles. The van der Waals surface area contributed by atoms with Gasteiger partial charge in [-0.25, -0.2) is 8.42 Å². The SMILES string of the molecule is CC(Nc1ccc(NS(C)(=O)=O)cc1)c1ccccc1Br. The fraction of sp³-hybridized carbons (Fsp3) is 0.200. The molecule has 2 N–H and O–H groups in total. The van der Waals surface area contributed by atoms with Crippen LogP contribution in [0.2, 0.25) is 0 Å². The average Bonchev–Trinajstić information content (AvgIpc) is 2.40. The first-order valence-corrected chi connectivity index (χ1v) is 9.12. The van der Waals surface area contributed by atoms with Gasteiger partial charge >= 0.3 is 0 Å². The number of benzene rings is 2. The Bertz CT molecular complexity index is 715. The second-order valence-corrected chi connectivity index (χ2v) is 7.44. The lowest BCUT2D eigenvalue weighted by Crippen LogP contribution is -2.10. The first kappa shape index (κ1) is 15.9. The molecular formula is C15H17BrN2O2S. The Balaban J connectivity index is 2.08. The van der Waals surface area contributed by atoms with Crippen LogP contribution < -0.4 is 10.0 Å². The van der Waals surface area contributed by atoms with Gasteiger partial charge in [0.2, 0.25) is 10.0 Å². The minimum atomic E-state index is -3.24. The summed E-state index contributed by atoms with van der Waals surface area (Å²) in [6, 6.07) is 15.3. The third kappa shape index (κ3) is 4.75. The van der Waals surface area contributed by atoms with Crippen molar-refractivity contribution >= 4 is 37.3 Å². The largest absolute Gasteiger partial charge is 0.378 e. The Hall–Kier alpha value is -1.53. The molecule has 4 nitrogen and oxygen atoms in total. The van der Waals surface area contributed by atoms with E-state index in [4.69, 9.17) is 0 Å². The molecule has 0 aliphatic rings. The summed E-state index contributed by atoms with van der Waals surface area (Å²) in [4.78, 5) is 0. The van der Waals surface area contributed by atoms with Gasteiger partial charge in [-0.05, 0) is 42.8 Å². The summed E-state index contributed by atoms with van der Waals surface area (Å²) in [6.45, 7) is 2.07. The summed E-state index contributed by atoms with van der Waals surface area (Å²) < 4.78 is 25.8. The third-order valence-corrected chi connectivity index (χ3v) is 4.27. The zero-order chi connectivity index (χ0) is 15.5. The zero-order valence-corrected chi connectivity index (χ0v) is 14.2. The smallest absolute Gasteiger partial charge is 0.229 e. The predicted octanol–water partition coefficient (Wildman–Crippen LogP) is 3.99. The summed E-state index contributed by atoms with van der Waals surface area (Å²) in [5.74, 6) is 0. The first-order chi connectivity index (χ1) is 9.85. The number of sulfonamides is 1. The van der Waals surface area contributed by atoms with Gasteiger partial charge in [-0.2, -0.15) is 0 Å². The van der Waals surface area contributed by atoms with Crippen LogP contribution in [0.5, 0.6) is 0 Å². The lowest BCUT2D eigenvalue weighted by Gasteiger charge is -2.17. The average molecular weight is 369 g/mol. The third-order valence-electron chi connectivity index (χ3n) is 2.94. The molecule has 0 aliphatic carbocycles. The van der Waals surface area contributed by atoms with Gasteiger partial charge < -0.3 is 5.32 Å². The van der Waals surface area contributed by atoms with Crippen molar-refractivity contribution < 1.29 is 8.42 Å². The van der Waals surface area contributed by atoms with Crippen molar-refractivity contribution in [3.63, 3.8) is 0 Å². The Morgan fingerprint density at radius 1 is 1.00 bits per heavy atom. The maximum absolute atomic E-state index is 11.2. The highest BCUT2D eigenvalue weighted by atomic mass is 79.9. The van der Waals surface area contributed by atoms with E-state index in [9.17, 15) is 8.42 Å². The van der Waals surface area contributed by atoms with Crippen LogP contribution in [0, 0.1) is 0 Å². The molecule has 112 valence electrons. The summed E-state index contributed by atoms with van der Waals surface area (Å²) >= 11 is 3.54. The quantitative estimate of drug-likeness (QED) is 0.838. The van der Waals surface area contributed by atoms with Crippen LogP contribution in [-0.2, 0) is 10.0 Å². The molecule has 0 saturated heterocycles. The van der Waals surface area contributed by atoms with Gasteiger partial charge in [0.25, 0.3) is 0 Å². The van der Waals surface area contributed by atoms with Crippen molar-refractivity contribution in [3.05, 3.63) is 58.6 Å². The molecule has 2 aromatic rings. The van der Waals surface area contributed by atoms with E-state index in [1.54, 1.807) is 12.1 Å². The molecule has 0 aliphatic heterocycles. The van der Waals surface area contributed by atoms with E-state index in [-0.39, 0.29) is 6.04 Å². The van der Waals surface area contributed by atoms with Crippen molar-refractivity contribution in [2.45, 2.75) is 13.0 Å². The van der Waals surface area contributed by atoms with Gasteiger partial charge in [-0.1, -0.05) is 34.1 Å². The maximum Gasteiger partial charge on any atom is 0.229 e. The molecule has 1 atom stereocenters. The van der Waals surface area contributed by atoms with Gasteiger partial charge in [0.05, 0.1) is 6.26 Å². The van der Waals surface area contributed by atoms with Crippen LogP contribution in [0.1, 0.15) is 18.5 Å². The molecule has 0 bridgehead atoms. The molecule has 1 unspecified atom stereocenters. The second-order valence-electron chi connectivity index (χ2n) is 4.84. The minimum Gasteiger partial charge on any atom is -0.378 e. The summed E-state index contributed by atoms with van der Waals surface area (Å²) in [6.07, 6.45) is 1.13. The lowest BCUT2D eigenvalue weighted by molar-refractivity contribution is 0.607. The van der Waals surface area contributed by atoms with E-state index < -0.39 is 10.0 Å². The number of hydrogen-bond acceptors (Lipinski definition) is 3. The molecule has 2 aromatic carbocycles. The van der Waals surface area contributed by atoms with Crippen LogP contribution in [-0.4, -0.2) is 14.7 Å². The van der Waals surface area contributed by atoms with Gasteiger partial charge in [0, 0.05) is 21.9 Å². The number of nitrogens with one attached hydrogen (secondary N) is 2. The fourth-order valence-corrected chi connectivity index (χ4v) is 3.19. The molecule has 0 amide bonds. The normalized spacial score (nSPS) is 12.7. The van der Waals surface area contributed by atoms with E-state index in [0.29, 0.717) is 5.69 Å². The molecule has 0 heterocycles. The van der Waals surface area contributed by atoms with Crippen molar-refractivity contribution in [2.75, 3.05) is 16.3 Å². The van der Waals surface area contributed by atoms with Crippen LogP contribution in [0.4, 0.5) is 11.4 Å². The number of rotatable bonds is 5. The molecule has 2 rings (SSSR count). The highest BCUT2D eigenvalue weighted by Gasteiger charge is 2.08. The monoisotopic (exact) mass is 368 g/mol. The minimum absolute atomic E-state index is 0.134. The van der Waals surface area contributed by atoms with E-state index >= 15 is 0 Å². The topological polar surface area (TPSA) is 58.2 Å². The van der Waals surface area contributed by atoms with Crippen LogP contribution >= 0.6 is 15.9 Å². The Morgan fingerprint density at radius 2 is 1.57 bits per heavy atom. The maximum atomic E-state index is 11.2. The second kappa shape index (κ2) is 6.49. The molecule has 6 heteroatoms. The lowest BCUT2D eigenvalue weighted by atomic mass is 10.1. The fourth-order valence-electron chi connectivity index (χ4n) is 2.00. The molecule has 0 fully saturated rings. The molecule has 21 heavy (non-hydrogen) atoms. The van der Waals surface area contributed by atoms with Crippen molar-refractivity contribution in [1.82, 2.24) is 0 Å². The van der Waals surface area contributed by atoms with Gasteiger partial charge in [-0.15, -0.1) is 0 Å². The summed E-state index contributed by atoms with van der Waals surface area (Å²) in [7, 11) is -3.24. The van der Waals surface area contributed by atoms with Gasteiger partial charge in [0.1, 0.15) is 0 Å². The number of halogens is 1. The molecule has 0 aromatic heterocycles. The van der Waals surface area contributed by atoms with Crippen LogP contribution in [0.25, 0.3) is 0 Å². The summed E-state index contributed by atoms with van der Waals surface area (Å²) in [5.41, 5.74) is 2.64. The summed E-state index contributed by atoms with van der Waals surface area (Å²) in [5, 5.41) is 3.38. The van der Waals surface area contributed by atoms with Crippen molar-refractivity contribution in [2.24, 2.45) is 0 Å². The Kier molecular flexibility index (Phi) is 4.90. The van der Waals surface area contributed by atoms with E-state index in [2.05, 4.69) is 39.0 Å². The van der Waals surface area contributed by atoms with Crippen LogP contribution in [0.15, 0.2) is 53.0 Å². The van der Waals surface area contributed by atoms with Crippen molar-refractivity contribution in [3.8, 4) is 0 Å². The molecule has 0 spiro atoms.